The Kier molecular flexibility index (Phi) is 3.82. The molecule has 2 aromatic carbocycles. The van der Waals surface area contributed by atoms with Gasteiger partial charge < -0.3 is 0 Å². The van der Waals surface area contributed by atoms with Crippen molar-refractivity contribution in [2.75, 3.05) is 0 Å². The lowest BCUT2D eigenvalue weighted by Gasteiger charge is -2.00. The maximum Gasteiger partial charge on any atom is 0.0929 e. The highest BCUT2D eigenvalue weighted by molar-refractivity contribution is 5.64. The third-order valence-corrected chi connectivity index (χ3v) is 2.58. The molecule has 0 heterocycles. The zero-order valence-electron chi connectivity index (χ0n) is 10.1. The van der Waals surface area contributed by atoms with Gasteiger partial charge in [0, 0.05) is 11.1 Å². The molecule has 0 atom stereocenters. The molecule has 0 radical (unpaired) electrons. The second-order valence-electron chi connectivity index (χ2n) is 3.73. The van der Waals surface area contributed by atoms with Crippen LogP contribution in [0.1, 0.15) is 11.1 Å². The molecule has 0 N–H and O–H groups in total. The molecule has 0 saturated heterocycles. The minimum atomic E-state index is 0.811. The maximum absolute atomic E-state index is 4.26. The zero-order chi connectivity index (χ0) is 12.8. The summed E-state index contributed by atoms with van der Waals surface area (Å²) in [7, 11) is 0. The van der Waals surface area contributed by atoms with Gasteiger partial charge in [0.05, 0.1) is 11.4 Å². The van der Waals surface area contributed by atoms with Crippen LogP contribution in [0.25, 0.3) is 12.2 Å². The van der Waals surface area contributed by atoms with Crippen molar-refractivity contribution in [2.45, 2.75) is 0 Å². The van der Waals surface area contributed by atoms with Gasteiger partial charge in [-0.3, -0.25) is 0 Å². The summed E-state index contributed by atoms with van der Waals surface area (Å²) in [5, 5.41) is 8.52. The zero-order valence-corrected chi connectivity index (χ0v) is 10.1. The number of nitrogens with zero attached hydrogens (tertiary/aromatic N) is 2. The first-order valence-electron chi connectivity index (χ1n) is 5.70. The van der Waals surface area contributed by atoms with Gasteiger partial charge in [-0.05, 0) is 12.1 Å². The summed E-state index contributed by atoms with van der Waals surface area (Å²) < 4.78 is 0. The van der Waals surface area contributed by atoms with Gasteiger partial charge in [0.1, 0.15) is 0 Å². The molecule has 2 aromatic rings. The predicted molar refractivity (Wildman–Crippen MR) is 77.2 cm³/mol. The molecule has 0 bridgehead atoms. The average Bonchev–Trinajstić information content (AvgIpc) is 2.45. The highest BCUT2D eigenvalue weighted by atomic mass is 15.1. The van der Waals surface area contributed by atoms with E-state index in [1.165, 1.54) is 0 Å². The fraction of sp³-hybridized carbons (Fsp3) is 0. The summed E-state index contributed by atoms with van der Waals surface area (Å²) in [6, 6.07) is 15.5. The lowest BCUT2D eigenvalue weighted by molar-refractivity contribution is 1.22. The van der Waals surface area contributed by atoms with Crippen molar-refractivity contribution in [3.63, 3.8) is 0 Å². The molecule has 0 fully saturated rings. The van der Waals surface area contributed by atoms with Crippen LogP contribution in [0.4, 0.5) is 11.4 Å². The minimum Gasteiger partial charge on any atom is -0.150 e. The molecular weight excluding hydrogens is 220 g/mol. The summed E-state index contributed by atoms with van der Waals surface area (Å²) in [6.07, 6.45) is 3.54. The Morgan fingerprint density at radius 2 is 1.06 bits per heavy atom. The van der Waals surface area contributed by atoms with Gasteiger partial charge in [-0.25, -0.2) is 0 Å². The Morgan fingerprint density at radius 1 is 0.667 bits per heavy atom. The van der Waals surface area contributed by atoms with Crippen LogP contribution >= 0.6 is 0 Å². The third-order valence-electron chi connectivity index (χ3n) is 2.58. The quantitative estimate of drug-likeness (QED) is 0.634. The lowest BCUT2D eigenvalue weighted by Crippen LogP contribution is -1.74. The molecule has 88 valence electrons. The molecule has 0 aliphatic heterocycles. The van der Waals surface area contributed by atoms with Crippen LogP contribution in [0.15, 0.2) is 71.9 Å². The van der Waals surface area contributed by atoms with Crippen molar-refractivity contribution >= 4 is 23.5 Å². The summed E-state index contributed by atoms with van der Waals surface area (Å²) >= 11 is 0. The largest absolute Gasteiger partial charge is 0.150 e. The van der Waals surface area contributed by atoms with E-state index in [1.807, 2.05) is 48.5 Å². The first-order valence-corrected chi connectivity index (χ1v) is 5.70. The van der Waals surface area contributed by atoms with E-state index in [4.69, 9.17) is 0 Å². The Labute approximate surface area is 107 Å². The molecule has 18 heavy (non-hydrogen) atoms. The number of rotatable bonds is 4. The van der Waals surface area contributed by atoms with Crippen LogP contribution in [-0.2, 0) is 0 Å². The second-order valence-corrected chi connectivity index (χ2v) is 3.73. The number of benzene rings is 2. The number of hydrogen-bond acceptors (Lipinski definition) is 2. The highest BCUT2D eigenvalue weighted by Gasteiger charge is 1.98. The highest BCUT2D eigenvalue weighted by Crippen LogP contribution is 2.25. The molecule has 0 aromatic heterocycles. The van der Waals surface area contributed by atoms with Gasteiger partial charge >= 0.3 is 0 Å². The van der Waals surface area contributed by atoms with Crippen molar-refractivity contribution in [1.29, 1.82) is 0 Å². The van der Waals surface area contributed by atoms with E-state index in [9.17, 15) is 0 Å². The van der Waals surface area contributed by atoms with Crippen LogP contribution in [0.5, 0.6) is 0 Å². The summed E-state index contributed by atoms with van der Waals surface area (Å²) in [5.41, 5.74) is 3.56. The first kappa shape index (κ1) is 12.0. The van der Waals surface area contributed by atoms with Crippen LogP contribution in [0, 0.1) is 0 Å². The van der Waals surface area contributed by atoms with E-state index in [1.54, 1.807) is 12.2 Å². The van der Waals surface area contributed by atoms with Crippen molar-refractivity contribution in [2.24, 2.45) is 10.2 Å². The normalized spacial score (nSPS) is 10.4. The van der Waals surface area contributed by atoms with Crippen molar-refractivity contribution in [1.82, 2.24) is 0 Å². The molecular formula is C16H14N2. The molecule has 2 heteroatoms. The molecule has 0 saturated carbocycles. The fourth-order valence-corrected chi connectivity index (χ4v) is 1.61. The molecule has 0 aliphatic carbocycles. The standard InChI is InChI=1S/C16H14N2/c1-3-13-9-5-7-11-15(13)17-18-16-12-8-6-10-14(16)4-2/h3-12H,1-2H2/b18-17+. The lowest BCUT2D eigenvalue weighted by atomic mass is 10.2. The van der Waals surface area contributed by atoms with Crippen LogP contribution in [0.2, 0.25) is 0 Å². The summed E-state index contributed by atoms with van der Waals surface area (Å²) in [5.74, 6) is 0. The van der Waals surface area contributed by atoms with E-state index in [0.29, 0.717) is 0 Å². The SMILES string of the molecule is C=Cc1ccccc1/N=N/c1ccccc1C=C. The van der Waals surface area contributed by atoms with Gasteiger partial charge in [0.15, 0.2) is 0 Å². The van der Waals surface area contributed by atoms with E-state index in [2.05, 4.69) is 23.4 Å². The number of hydrogen-bond donors (Lipinski definition) is 0. The number of azo groups is 1. The predicted octanol–water partition coefficient (Wildman–Crippen LogP) is 5.39. The van der Waals surface area contributed by atoms with Gasteiger partial charge in [-0.15, -0.1) is 10.2 Å². The molecule has 2 rings (SSSR count). The molecule has 0 spiro atoms. The van der Waals surface area contributed by atoms with E-state index < -0.39 is 0 Å². The Morgan fingerprint density at radius 3 is 1.44 bits per heavy atom. The smallest absolute Gasteiger partial charge is 0.0929 e. The summed E-state index contributed by atoms with van der Waals surface area (Å²) in [4.78, 5) is 0. The maximum atomic E-state index is 4.26. The third kappa shape index (κ3) is 2.61. The minimum absolute atomic E-state index is 0.811. The van der Waals surface area contributed by atoms with Crippen LogP contribution < -0.4 is 0 Å². The molecule has 2 nitrogen and oxygen atoms in total. The average molecular weight is 234 g/mol. The van der Waals surface area contributed by atoms with Crippen LogP contribution in [0.3, 0.4) is 0 Å². The first-order chi connectivity index (χ1) is 8.85. The molecule has 0 aliphatic rings. The van der Waals surface area contributed by atoms with E-state index >= 15 is 0 Å². The van der Waals surface area contributed by atoms with Crippen molar-refractivity contribution in [3.05, 3.63) is 72.8 Å². The van der Waals surface area contributed by atoms with Crippen LogP contribution in [-0.4, -0.2) is 0 Å². The van der Waals surface area contributed by atoms with Crippen molar-refractivity contribution in [3.8, 4) is 0 Å². The molecule has 0 unspecified atom stereocenters. The second kappa shape index (κ2) is 5.73. The Bertz CT molecular complexity index is 544. The summed E-state index contributed by atoms with van der Waals surface area (Å²) in [6.45, 7) is 7.52. The van der Waals surface area contributed by atoms with Crippen molar-refractivity contribution < 1.29 is 0 Å². The fourth-order valence-electron chi connectivity index (χ4n) is 1.61. The van der Waals surface area contributed by atoms with Gasteiger partial charge in [-0.1, -0.05) is 61.7 Å². The van der Waals surface area contributed by atoms with Gasteiger partial charge in [0.2, 0.25) is 0 Å². The molecule has 0 amide bonds. The van der Waals surface area contributed by atoms with Gasteiger partial charge in [-0.2, -0.15) is 0 Å². The Hall–Kier alpha value is -2.48. The van der Waals surface area contributed by atoms with E-state index in [-0.39, 0.29) is 0 Å². The topological polar surface area (TPSA) is 24.7 Å². The Balaban J connectivity index is 2.35. The van der Waals surface area contributed by atoms with Gasteiger partial charge in [0.25, 0.3) is 0 Å². The van der Waals surface area contributed by atoms with E-state index in [0.717, 1.165) is 22.5 Å². The monoisotopic (exact) mass is 234 g/mol.